The molecule has 4 atom stereocenters. The molecule has 9 nitrogen and oxygen atoms in total. The average molecular weight is 256 g/mol. The van der Waals surface area contributed by atoms with E-state index in [9.17, 15) is 19.2 Å². The van der Waals surface area contributed by atoms with Crippen molar-refractivity contribution in [2.75, 3.05) is 0 Å². The predicted molar refractivity (Wildman–Crippen MR) is 54.8 cm³/mol. The lowest BCUT2D eigenvalue weighted by atomic mass is 9.85. The van der Waals surface area contributed by atoms with E-state index in [0.717, 1.165) is 0 Å². The minimum absolute atomic E-state index is 0.01000. The summed E-state index contributed by atoms with van der Waals surface area (Å²) in [5.74, 6) is -2.18. The van der Waals surface area contributed by atoms with Crippen LogP contribution in [0.5, 0.6) is 0 Å². The van der Waals surface area contributed by atoms with E-state index >= 15 is 0 Å². The second-order valence-corrected chi connectivity index (χ2v) is 4.33. The lowest BCUT2D eigenvalue weighted by Crippen LogP contribution is -2.56. The van der Waals surface area contributed by atoms with E-state index < -0.39 is 47.4 Å². The molecule has 1 saturated carbocycles. The summed E-state index contributed by atoms with van der Waals surface area (Å²) in [6.07, 6.45) is -0.01000. The summed E-state index contributed by atoms with van der Waals surface area (Å²) in [5.41, 5.74) is 6.11. The Morgan fingerprint density at radius 3 is 2.44 bits per heavy atom. The Labute approximate surface area is 101 Å². The van der Waals surface area contributed by atoms with Crippen molar-refractivity contribution in [3.05, 3.63) is 0 Å². The van der Waals surface area contributed by atoms with E-state index in [4.69, 9.17) is 10.9 Å². The van der Waals surface area contributed by atoms with Gasteiger partial charge in [-0.15, -0.1) is 0 Å². The maximum atomic E-state index is 11.6. The molecule has 9 heteroatoms. The van der Waals surface area contributed by atoms with Gasteiger partial charge in [0.2, 0.25) is 17.7 Å². The first-order valence-corrected chi connectivity index (χ1v) is 5.30. The van der Waals surface area contributed by atoms with E-state index in [1.165, 1.54) is 0 Å². The molecule has 1 aliphatic heterocycles. The van der Waals surface area contributed by atoms with Crippen LogP contribution in [-0.4, -0.2) is 28.8 Å². The van der Waals surface area contributed by atoms with Crippen molar-refractivity contribution in [3.8, 4) is 0 Å². The lowest BCUT2D eigenvalue weighted by Gasteiger charge is -2.26. The van der Waals surface area contributed by atoms with Gasteiger partial charge in [-0.25, -0.2) is 5.84 Å². The fourth-order valence-corrected chi connectivity index (χ4v) is 2.69. The van der Waals surface area contributed by atoms with E-state index in [0.29, 0.717) is 0 Å². The Morgan fingerprint density at radius 2 is 1.89 bits per heavy atom. The summed E-state index contributed by atoms with van der Waals surface area (Å²) in [6.45, 7) is 0. The molecule has 1 saturated heterocycles. The van der Waals surface area contributed by atoms with Gasteiger partial charge in [0.15, 0.2) is 0 Å². The van der Waals surface area contributed by atoms with Crippen LogP contribution in [-0.2, 0) is 19.2 Å². The third kappa shape index (κ3) is 1.68. The normalized spacial score (nSPS) is 34.3. The molecule has 0 aromatic carbocycles. The van der Waals surface area contributed by atoms with Crippen LogP contribution in [0, 0.1) is 23.7 Å². The Kier molecular flexibility index (Phi) is 2.91. The van der Waals surface area contributed by atoms with E-state index in [-0.39, 0.29) is 6.42 Å². The Hall–Kier alpha value is -2.16. The number of hydrazine groups is 2. The SMILES string of the molecule is NNC(=O)C1CC2C(=O)NNC(=O)C2C1C(=O)O. The van der Waals surface area contributed by atoms with Crippen molar-refractivity contribution in [1.29, 1.82) is 0 Å². The third-order valence-corrected chi connectivity index (χ3v) is 3.47. The molecule has 4 unspecified atom stereocenters. The molecule has 1 aliphatic carbocycles. The second kappa shape index (κ2) is 4.26. The van der Waals surface area contributed by atoms with Crippen molar-refractivity contribution in [1.82, 2.24) is 16.3 Å². The van der Waals surface area contributed by atoms with Crippen molar-refractivity contribution < 1.29 is 24.3 Å². The number of carboxylic acid groups (broad SMARTS) is 1. The first-order valence-electron chi connectivity index (χ1n) is 5.30. The van der Waals surface area contributed by atoms with Crippen LogP contribution in [0.3, 0.4) is 0 Å². The summed E-state index contributed by atoms with van der Waals surface area (Å²) < 4.78 is 0. The molecule has 0 radical (unpaired) electrons. The second-order valence-electron chi connectivity index (χ2n) is 4.33. The van der Waals surface area contributed by atoms with Crippen molar-refractivity contribution in [2.24, 2.45) is 29.5 Å². The largest absolute Gasteiger partial charge is 0.481 e. The highest BCUT2D eigenvalue weighted by Crippen LogP contribution is 2.43. The van der Waals surface area contributed by atoms with E-state index in [1.54, 1.807) is 0 Å². The molecule has 2 fully saturated rings. The van der Waals surface area contributed by atoms with Gasteiger partial charge < -0.3 is 5.11 Å². The van der Waals surface area contributed by atoms with Crippen LogP contribution in [0.25, 0.3) is 0 Å². The molecule has 0 spiro atoms. The Bertz CT molecular complexity index is 437. The van der Waals surface area contributed by atoms with Crippen molar-refractivity contribution in [3.63, 3.8) is 0 Å². The molecule has 2 aliphatic rings. The lowest BCUT2D eigenvalue weighted by molar-refractivity contribution is -0.153. The zero-order valence-electron chi connectivity index (χ0n) is 9.17. The topological polar surface area (TPSA) is 151 Å². The molecule has 0 aromatic heterocycles. The molecule has 2 rings (SSSR count). The smallest absolute Gasteiger partial charge is 0.308 e. The zero-order chi connectivity index (χ0) is 13.4. The van der Waals surface area contributed by atoms with Crippen LogP contribution >= 0.6 is 0 Å². The number of nitrogens with two attached hydrogens (primary N) is 1. The minimum atomic E-state index is -1.29. The van der Waals surface area contributed by atoms with Gasteiger partial charge in [-0.1, -0.05) is 0 Å². The molecular weight excluding hydrogens is 244 g/mol. The van der Waals surface area contributed by atoms with Gasteiger partial charge in [-0.05, 0) is 6.42 Å². The van der Waals surface area contributed by atoms with Gasteiger partial charge >= 0.3 is 5.97 Å². The number of aliphatic carboxylic acids is 1. The van der Waals surface area contributed by atoms with Crippen LogP contribution in [0.4, 0.5) is 0 Å². The quantitative estimate of drug-likeness (QED) is 0.203. The Morgan fingerprint density at radius 1 is 1.28 bits per heavy atom. The molecule has 3 amide bonds. The first-order chi connectivity index (χ1) is 8.47. The number of fused-ring (bicyclic) bond motifs is 1. The highest BCUT2D eigenvalue weighted by molar-refractivity contribution is 5.98. The van der Waals surface area contributed by atoms with E-state index in [2.05, 4.69) is 10.9 Å². The fraction of sp³-hybridized carbons (Fsp3) is 0.556. The monoisotopic (exact) mass is 256 g/mol. The molecule has 0 aromatic rings. The molecule has 1 heterocycles. The van der Waals surface area contributed by atoms with Gasteiger partial charge in [-0.3, -0.25) is 35.5 Å². The number of carboxylic acids is 1. The third-order valence-electron chi connectivity index (χ3n) is 3.47. The summed E-state index contributed by atoms with van der Waals surface area (Å²) >= 11 is 0. The maximum Gasteiger partial charge on any atom is 0.308 e. The zero-order valence-corrected chi connectivity index (χ0v) is 9.17. The van der Waals surface area contributed by atoms with Gasteiger partial charge in [0.05, 0.1) is 23.7 Å². The van der Waals surface area contributed by atoms with Gasteiger partial charge in [-0.2, -0.15) is 0 Å². The minimum Gasteiger partial charge on any atom is -0.481 e. The molecular formula is C9H12N4O5. The number of hydrogen-bond acceptors (Lipinski definition) is 5. The van der Waals surface area contributed by atoms with Gasteiger partial charge in [0.25, 0.3) is 0 Å². The fourth-order valence-electron chi connectivity index (χ4n) is 2.69. The molecule has 0 bridgehead atoms. The Balaban J connectivity index is 2.36. The predicted octanol–water partition coefficient (Wildman–Crippen LogP) is -2.91. The highest BCUT2D eigenvalue weighted by Gasteiger charge is 2.57. The molecule has 98 valence electrons. The highest BCUT2D eigenvalue weighted by atomic mass is 16.4. The number of carbonyl (C=O) groups is 4. The summed E-state index contributed by atoms with van der Waals surface area (Å²) in [4.78, 5) is 45.9. The standard InChI is InChI=1S/C9H12N4O5/c10-11-6(14)3-1-2-4(5(3)9(17)18)8(16)13-12-7(2)15/h2-5H,1,10H2,(H,11,14)(H,12,15)(H,13,16)(H,17,18). The van der Waals surface area contributed by atoms with Gasteiger partial charge in [0.1, 0.15) is 0 Å². The van der Waals surface area contributed by atoms with Crippen molar-refractivity contribution >= 4 is 23.7 Å². The summed E-state index contributed by atoms with van der Waals surface area (Å²) in [7, 11) is 0. The maximum absolute atomic E-state index is 11.6. The number of carbonyl (C=O) groups excluding carboxylic acids is 3. The van der Waals surface area contributed by atoms with Crippen LogP contribution < -0.4 is 22.1 Å². The number of rotatable bonds is 2. The molecule has 18 heavy (non-hydrogen) atoms. The average Bonchev–Trinajstić information content (AvgIpc) is 2.74. The summed E-state index contributed by atoms with van der Waals surface area (Å²) in [6, 6.07) is 0. The van der Waals surface area contributed by atoms with Crippen LogP contribution in [0.2, 0.25) is 0 Å². The van der Waals surface area contributed by atoms with E-state index in [1.807, 2.05) is 5.43 Å². The van der Waals surface area contributed by atoms with Crippen LogP contribution in [0.15, 0.2) is 0 Å². The molecule has 6 N–H and O–H groups in total. The number of nitrogens with one attached hydrogen (secondary N) is 3. The van der Waals surface area contributed by atoms with Crippen molar-refractivity contribution in [2.45, 2.75) is 6.42 Å². The van der Waals surface area contributed by atoms with Crippen LogP contribution in [0.1, 0.15) is 6.42 Å². The number of hydrogen-bond donors (Lipinski definition) is 5. The van der Waals surface area contributed by atoms with Gasteiger partial charge in [0, 0.05) is 0 Å². The number of amides is 3. The first kappa shape index (κ1) is 12.3. The summed E-state index contributed by atoms with van der Waals surface area (Å²) in [5, 5.41) is 9.14.